The zero-order chi connectivity index (χ0) is 9.68. The lowest BCUT2D eigenvalue weighted by Gasteiger charge is -1.91. The van der Waals surface area contributed by atoms with Crippen molar-refractivity contribution in [3.8, 4) is 17.7 Å². The van der Waals surface area contributed by atoms with Crippen molar-refractivity contribution in [1.82, 2.24) is 9.97 Å². The van der Waals surface area contributed by atoms with Gasteiger partial charge >= 0.3 is 0 Å². The van der Waals surface area contributed by atoms with Gasteiger partial charge in [0.05, 0.1) is 6.33 Å². The van der Waals surface area contributed by atoms with Gasteiger partial charge in [-0.1, -0.05) is 11.8 Å². The zero-order valence-electron chi connectivity index (χ0n) is 6.74. The lowest BCUT2D eigenvalue weighted by atomic mass is 10.3. The fourth-order valence-electron chi connectivity index (χ4n) is 0.710. The number of nitrogens with zero attached hydrogens (tertiary/aromatic N) is 1. The third kappa shape index (κ3) is 2.53. The van der Waals surface area contributed by atoms with E-state index < -0.39 is 5.56 Å². The molecule has 2 N–H and O–H groups in total. The average molecular weight is 196 g/mol. The Morgan fingerprint density at radius 1 is 1.69 bits per heavy atom. The van der Waals surface area contributed by atoms with Crippen LogP contribution in [0.4, 0.5) is 0 Å². The summed E-state index contributed by atoms with van der Waals surface area (Å²) in [5.74, 6) is 5.49. The highest BCUT2D eigenvalue weighted by molar-refractivity contribution is 7.80. The highest BCUT2D eigenvalue weighted by atomic mass is 32.1. The van der Waals surface area contributed by atoms with E-state index in [-0.39, 0.29) is 11.4 Å². The molecule has 0 bridgehead atoms. The van der Waals surface area contributed by atoms with Crippen molar-refractivity contribution in [2.24, 2.45) is 0 Å². The second-order valence-electron chi connectivity index (χ2n) is 2.21. The van der Waals surface area contributed by atoms with Gasteiger partial charge in [-0.05, 0) is 0 Å². The minimum absolute atomic E-state index is 0.00397. The van der Waals surface area contributed by atoms with Crippen molar-refractivity contribution < 1.29 is 5.11 Å². The Morgan fingerprint density at radius 2 is 2.46 bits per heavy atom. The molecule has 0 aliphatic rings. The van der Waals surface area contributed by atoms with E-state index in [1.165, 1.54) is 0 Å². The fraction of sp³-hybridized carbons (Fsp3) is 0.250. The Morgan fingerprint density at radius 3 is 3.08 bits per heavy atom. The molecule has 5 heteroatoms. The predicted octanol–water partition coefficient (Wildman–Crippen LogP) is 0.147. The topological polar surface area (TPSA) is 66.0 Å². The monoisotopic (exact) mass is 196 g/mol. The van der Waals surface area contributed by atoms with Crippen molar-refractivity contribution in [2.75, 3.05) is 5.75 Å². The third-order valence-electron chi connectivity index (χ3n) is 1.28. The van der Waals surface area contributed by atoms with Gasteiger partial charge in [-0.25, -0.2) is 4.98 Å². The molecular weight excluding hydrogens is 188 g/mol. The van der Waals surface area contributed by atoms with E-state index in [1.54, 1.807) is 0 Å². The van der Waals surface area contributed by atoms with Crippen molar-refractivity contribution in [3.05, 3.63) is 22.2 Å². The first-order valence-electron chi connectivity index (χ1n) is 3.62. The lowest BCUT2D eigenvalue weighted by molar-refractivity contribution is 0.449. The van der Waals surface area contributed by atoms with Crippen LogP contribution >= 0.6 is 12.6 Å². The molecule has 0 saturated carbocycles. The first-order chi connectivity index (χ1) is 6.25. The van der Waals surface area contributed by atoms with E-state index in [2.05, 4.69) is 34.4 Å². The van der Waals surface area contributed by atoms with Gasteiger partial charge in [-0.3, -0.25) is 4.79 Å². The molecule has 0 saturated heterocycles. The molecule has 0 unspecified atom stereocenters. The number of rotatable bonds is 1. The molecule has 1 aromatic rings. The molecule has 0 aliphatic carbocycles. The SMILES string of the molecule is O=c1[nH]cnc(O)c1C#CCCS. The number of hydrogen-bond donors (Lipinski definition) is 3. The van der Waals surface area contributed by atoms with Crippen LogP contribution in [0.25, 0.3) is 0 Å². The van der Waals surface area contributed by atoms with Crippen LogP contribution in [0.5, 0.6) is 5.88 Å². The Kier molecular flexibility index (Phi) is 3.41. The molecule has 1 aromatic heterocycles. The van der Waals surface area contributed by atoms with Crippen LogP contribution in [0.2, 0.25) is 0 Å². The molecule has 0 radical (unpaired) electrons. The van der Waals surface area contributed by atoms with Crippen LogP contribution in [0.3, 0.4) is 0 Å². The smallest absolute Gasteiger partial charge is 0.270 e. The minimum Gasteiger partial charge on any atom is -0.492 e. The molecular formula is C8H8N2O2S. The van der Waals surface area contributed by atoms with Crippen LogP contribution < -0.4 is 5.56 Å². The number of aromatic nitrogens is 2. The van der Waals surface area contributed by atoms with Crippen LogP contribution in [0.15, 0.2) is 11.1 Å². The second kappa shape index (κ2) is 4.58. The second-order valence-corrected chi connectivity index (χ2v) is 2.65. The summed E-state index contributed by atoms with van der Waals surface area (Å²) >= 11 is 3.95. The maximum Gasteiger partial charge on any atom is 0.270 e. The Balaban J connectivity index is 3.02. The fourth-order valence-corrected chi connectivity index (χ4v) is 0.822. The zero-order valence-corrected chi connectivity index (χ0v) is 7.64. The molecule has 0 aliphatic heterocycles. The van der Waals surface area contributed by atoms with Gasteiger partial charge in [0.2, 0.25) is 5.88 Å². The highest BCUT2D eigenvalue weighted by Gasteiger charge is 2.02. The summed E-state index contributed by atoms with van der Waals surface area (Å²) in [7, 11) is 0. The molecule has 0 spiro atoms. The van der Waals surface area contributed by atoms with Gasteiger partial charge in [0, 0.05) is 12.2 Å². The summed E-state index contributed by atoms with van der Waals surface area (Å²) in [6.07, 6.45) is 1.69. The molecule has 13 heavy (non-hydrogen) atoms. The highest BCUT2D eigenvalue weighted by Crippen LogP contribution is 2.03. The van der Waals surface area contributed by atoms with Gasteiger partial charge in [-0.2, -0.15) is 12.6 Å². The largest absolute Gasteiger partial charge is 0.492 e. The van der Waals surface area contributed by atoms with E-state index in [0.29, 0.717) is 12.2 Å². The van der Waals surface area contributed by atoms with Crippen LogP contribution in [-0.2, 0) is 0 Å². The Labute approximate surface area is 80.4 Å². The number of thiol groups is 1. The van der Waals surface area contributed by atoms with Crippen LogP contribution in [-0.4, -0.2) is 20.8 Å². The predicted molar refractivity (Wildman–Crippen MR) is 51.9 cm³/mol. The summed E-state index contributed by atoms with van der Waals surface area (Å²) < 4.78 is 0. The molecule has 4 nitrogen and oxygen atoms in total. The van der Waals surface area contributed by atoms with Crippen molar-refractivity contribution in [2.45, 2.75) is 6.42 Å². The van der Waals surface area contributed by atoms with Crippen LogP contribution in [0.1, 0.15) is 12.0 Å². The van der Waals surface area contributed by atoms with E-state index in [0.717, 1.165) is 6.33 Å². The summed E-state index contributed by atoms with van der Waals surface area (Å²) in [6, 6.07) is 0. The van der Waals surface area contributed by atoms with Gasteiger partial charge in [0.25, 0.3) is 5.56 Å². The molecule has 0 fully saturated rings. The minimum atomic E-state index is -0.431. The molecule has 0 amide bonds. The summed E-state index contributed by atoms with van der Waals surface area (Å²) in [4.78, 5) is 16.9. The number of aromatic amines is 1. The molecule has 0 aromatic carbocycles. The summed E-state index contributed by atoms with van der Waals surface area (Å²) in [6.45, 7) is 0. The van der Waals surface area contributed by atoms with Gasteiger partial charge < -0.3 is 10.1 Å². The molecule has 1 rings (SSSR count). The average Bonchev–Trinajstić information content (AvgIpc) is 2.10. The Bertz CT molecular complexity index is 403. The van der Waals surface area contributed by atoms with Gasteiger partial charge in [-0.15, -0.1) is 0 Å². The number of nitrogens with one attached hydrogen (secondary N) is 1. The van der Waals surface area contributed by atoms with E-state index in [9.17, 15) is 4.79 Å². The molecule has 68 valence electrons. The van der Waals surface area contributed by atoms with Crippen molar-refractivity contribution in [3.63, 3.8) is 0 Å². The Hall–Kier alpha value is -1.41. The van der Waals surface area contributed by atoms with E-state index in [4.69, 9.17) is 5.11 Å². The third-order valence-corrected chi connectivity index (χ3v) is 1.51. The molecule has 1 heterocycles. The standard InChI is InChI=1S/C8H8N2O2S/c11-7-6(3-1-2-4-13)8(12)10-5-9-7/h5,13H,2,4H2,(H2,9,10,11,12). The maximum absolute atomic E-state index is 11.1. The summed E-state index contributed by atoms with van der Waals surface area (Å²) in [5, 5.41) is 9.14. The van der Waals surface area contributed by atoms with Crippen molar-refractivity contribution >= 4 is 12.6 Å². The van der Waals surface area contributed by atoms with E-state index >= 15 is 0 Å². The number of hydrogen-bond acceptors (Lipinski definition) is 4. The number of aromatic hydroxyl groups is 1. The maximum atomic E-state index is 11.1. The normalized spacial score (nSPS) is 9.00. The first kappa shape index (κ1) is 9.68. The van der Waals surface area contributed by atoms with Crippen molar-refractivity contribution in [1.29, 1.82) is 0 Å². The van der Waals surface area contributed by atoms with Gasteiger partial charge in [0.1, 0.15) is 0 Å². The molecule has 0 atom stereocenters. The first-order valence-corrected chi connectivity index (χ1v) is 4.25. The quantitative estimate of drug-likeness (QED) is 0.442. The lowest BCUT2D eigenvalue weighted by Crippen LogP contribution is -2.09. The van der Waals surface area contributed by atoms with E-state index in [1.807, 2.05) is 0 Å². The van der Waals surface area contributed by atoms with Gasteiger partial charge in [0.15, 0.2) is 5.56 Å². The number of H-pyrrole nitrogens is 1. The summed E-state index contributed by atoms with van der Waals surface area (Å²) in [5.41, 5.74) is -0.427. The van der Waals surface area contributed by atoms with Crippen LogP contribution in [0, 0.1) is 11.8 Å².